The van der Waals surface area contributed by atoms with Crippen molar-refractivity contribution in [3.05, 3.63) is 41.5 Å². The van der Waals surface area contributed by atoms with Gasteiger partial charge >= 0.3 is 5.97 Å². The standard InChI is InChI=1S/C12H12F2O2/c1-8(2)16-12(15)6-4-9-3-5-10(13)7-11(9)14/h3-8H,1-2H3. The van der Waals surface area contributed by atoms with Gasteiger partial charge in [-0.15, -0.1) is 0 Å². The summed E-state index contributed by atoms with van der Waals surface area (Å²) in [6, 6.07) is 3.13. The quantitative estimate of drug-likeness (QED) is 0.585. The van der Waals surface area contributed by atoms with E-state index in [1.807, 2.05) is 0 Å². The number of hydrogen-bond donors (Lipinski definition) is 0. The van der Waals surface area contributed by atoms with E-state index in [2.05, 4.69) is 0 Å². The Balaban J connectivity index is 2.73. The minimum atomic E-state index is -0.714. The highest BCUT2D eigenvalue weighted by atomic mass is 19.1. The van der Waals surface area contributed by atoms with E-state index in [4.69, 9.17) is 4.74 Å². The summed E-state index contributed by atoms with van der Waals surface area (Å²) in [5, 5.41) is 0. The number of hydrogen-bond acceptors (Lipinski definition) is 2. The first-order valence-electron chi connectivity index (χ1n) is 4.83. The molecule has 0 saturated carbocycles. The van der Waals surface area contributed by atoms with Crippen LogP contribution in [0.2, 0.25) is 0 Å². The van der Waals surface area contributed by atoms with Crippen LogP contribution in [0.25, 0.3) is 6.08 Å². The van der Waals surface area contributed by atoms with E-state index in [-0.39, 0.29) is 11.7 Å². The van der Waals surface area contributed by atoms with Crippen molar-refractivity contribution in [1.29, 1.82) is 0 Å². The van der Waals surface area contributed by atoms with Crippen molar-refractivity contribution in [1.82, 2.24) is 0 Å². The van der Waals surface area contributed by atoms with Crippen LogP contribution in [0.5, 0.6) is 0 Å². The number of benzene rings is 1. The number of esters is 1. The third-order valence-corrected chi connectivity index (χ3v) is 1.71. The summed E-state index contributed by atoms with van der Waals surface area (Å²) in [7, 11) is 0. The Bertz CT molecular complexity index is 411. The van der Waals surface area contributed by atoms with Crippen LogP contribution in [0, 0.1) is 11.6 Å². The highest BCUT2D eigenvalue weighted by molar-refractivity contribution is 5.87. The fourth-order valence-electron chi connectivity index (χ4n) is 1.07. The van der Waals surface area contributed by atoms with E-state index in [0.717, 1.165) is 18.2 Å². The van der Waals surface area contributed by atoms with Crippen LogP contribution >= 0.6 is 0 Å². The molecule has 0 aliphatic heterocycles. The first-order chi connectivity index (χ1) is 7.49. The molecule has 16 heavy (non-hydrogen) atoms. The van der Waals surface area contributed by atoms with Gasteiger partial charge in [0.05, 0.1) is 6.10 Å². The SMILES string of the molecule is CC(C)OC(=O)C=Cc1ccc(F)cc1F. The molecule has 0 aliphatic rings. The van der Waals surface area contributed by atoms with E-state index in [1.165, 1.54) is 12.1 Å². The van der Waals surface area contributed by atoms with Gasteiger partial charge in [0.1, 0.15) is 11.6 Å². The van der Waals surface area contributed by atoms with Crippen LogP contribution in [-0.2, 0) is 9.53 Å². The summed E-state index contributed by atoms with van der Waals surface area (Å²) in [6.45, 7) is 3.43. The van der Waals surface area contributed by atoms with Gasteiger partial charge in [-0.05, 0) is 32.1 Å². The van der Waals surface area contributed by atoms with Crippen molar-refractivity contribution >= 4 is 12.0 Å². The summed E-state index contributed by atoms with van der Waals surface area (Å²) < 4.78 is 30.5. The van der Waals surface area contributed by atoms with Gasteiger partial charge in [-0.2, -0.15) is 0 Å². The number of halogens is 2. The maximum atomic E-state index is 13.1. The van der Waals surface area contributed by atoms with E-state index in [1.54, 1.807) is 13.8 Å². The molecule has 0 saturated heterocycles. The van der Waals surface area contributed by atoms with Crippen LogP contribution < -0.4 is 0 Å². The molecule has 86 valence electrons. The van der Waals surface area contributed by atoms with Crippen molar-refractivity contribution in [2.45, 2.75) is 20.0 Å². The lowest BCUT2D eigenvalue weighted by Crippen LogP contribution is -2.08. The zero-order chi connectivity index (χ0) is 12.1. The van der Waals surface area contributed by atoms with Crippen molar-refractivity contribution in [2.24, 2.45) is 0 Å². The molecule has 0 N–H and O–H groups in total. The first kappa shape index (κ1) is 12.4. The van der Waals surface area contributed by atoms with Gasteiger partial charge in [0, 0.05) is 17.7 Å². The molecule has 4 heteroatoms. The Morgan fingerprint density at radius 3 is 2.62 bits per heavy atom. The minimum absolute atomic E-state index is 0.141. The summed E-state index contributed by atoms with van der Waals surface area (Å²) in [4.78, 5) is 11.1. The molecule has 1 aromatic carbocycles. The van der Waals surface area contributed by atoms with Gasteiger partial charge < -0.3 is 4.74 Å². The van der Waals surface area contributed by atoms with Crippen molar-refractivity contribution < 1.29 is 18.3 Å². The van der Waals surface area contributed by atoms with Gasteiger partial charge in [0.2, 0.25) is 0 Å². The zero-order valence-electron chi connectivity index (χ0n) is 9.04. The van der Waals surface area contributed by atoms with Gasteiger partial charge in [0.15, 0.2) is 0 Å². The van der Waals surface area contributed by atoms with E-state index in [0.29, 0.717) is 0 Å². The molecule has 0 radical (unpaired) electrons. The lowest BCUT2D eigenvalue weighted by atomic mass is 10.2. The Morgan fingerprint density at radius 1 is 1.38 bits per heavy atom. The van der Waals surface area contributed by atoms with Crippen molar-refractivity contribution in [3.8, 4) is 0 Å². The fraction of sp³-hybridized carbons (Fsp3) is 0.250. The second-order valence-corrected chi connectivity index (χ2v) is 3.48. The maximum Gasteiger partial charge on any atom is 0.331 e. The van der Waals surface area contributed by atoms with Crippen LogP contribution in [0.1, 0.15) is 19.4 Å². The first-order valence-corrected chi connectivity index (χ1v) is 4.83. The molecule has 0 atom stereocenters. The molecule has 0 aromatic heterocycles. The van der Waals surface area contributed by atoms with Crippen LogP contribution in [0.15, 0.2) is 24.3 Å². The average molecular weight is 226 g/mol. The van der Waals surface area contributed by atoms with Crippen molar-refractivity contribution in [2.75, 3.05) is 0 Å². The topological polar surface area (TPSA) is 26.3 Å². The zero-order valence-corrected chi connectivity index (χ0v) is 9.04. The molecule has 0 bridgehead atoms. The second-order valence-electron chi connectivity index (χ2n) is 3.48. The average Bonchev–Trinajstić information content (AvgIpc) is 2.15. The van der Waals surface area contributed by atoms with Gasteiger partial charge in [0.25, 0.3) is 0 Å². The molecular formula is C12H12F2O2. The largest absolute Gasteiger partial charge is 0.460 e. The normalized spacial score (nSPS) is 11.1. The van der Waals surface area contributed by atoms with Gasteiger partial charge in [-0.3, -0.25) is 0 Å². The highest BCUT2D eigenvalue weighted by Gasteiger charge is 2.03. The molecule has 0 fully saturated rings. The summed E-state index contributed by atoms with van der Waals surface area (Å²) in [5.41, 5.74) is 0.141. The predicted octanol–water partition coefficient (Wildman–Crippen LogP) is 2.93. The minimum Gasteiger partial charge on any atom is -0.460 e. The Hall–Kier alpha value is -1.71. The third kappa shape index (κ3) is 3.81. The Labute approximate surface area is 92.5 Å². The van der Waals surface area contributed by atoms with E-state index in [9.17, 15) is 13.6 Å². The summed E-state index contributed by atoms with van der Waals surface area (Å²) in [5.74, 6) is -1.92. The van der Waals surface area contributed by atoms with Crippen molar-refractivity contribution in [3.63, 3.8) is 0 Å². The number of carbonyl (C=O) groups excluding carboxylic acids is 1. The number of carbonyl (C=O) groups is 1. The van der Waals surface area contributed by atoms with Crippen LogP contribution in [0.3, 0.4) is 0 Å². The molecule has 1 aromatic rings. The van der Waals surface area contributed by atoms with Crippen LogP contribution in [0.4, 0.5) is 8.78 Å². The predicted molar refractivity (Wildman–Crippen MR) is 56.6 cm³/mol. The molecular weight excluding hydrogens is 214 g/mol. The Kier molecular flexibility index (Phi) is 4.17. The molecule has 2 nitrogen and oxygen atoms in total. The maximum absolute atomic E-state index is 13.1. The summed E-state index contributed by atoms with van der Waals surface area (Å²) in [6.07, 6.45) is 2.13. The van der Waals surface area contributed by atoms with Gasteiger partial charge in [-0.1, -0.05) is 0 Å². The molecule has 0 spiro atoms. The van der Waals surface area contributed by atoms with E-state index >= 15 is 0 Å². The smallest absolute Gasteiger partial charge is 0.331 e. The molecule has 1 rings (SSSR count). The van der Waals surface area contributed by atoms with E-state index < -0.39 is 17.6 Å². The number of rotatable bonds is 3. The third-order valence-electron chi connectivity index (χ3n) is 1.71. The Morgan fingerprint density at radius 2 is 2.06 bits per heavy atom. The molecule has 0 amide bonds. The molecule has 0 heterocycles. The van der Waals surface area contributed by atoms with Crippen LogP contribution in [-0.4, -0.2) is 12.1 Å². The molecule has 0 aliphatic carbocycles. The fourth-order valence-corrected chi connectivity index (χ4v) is 1.07. The highest BCUT2D eigenvalue weighted by Crippen LogP contribution is 2.11. The second kappa shape index (κ2) is 5.39. The lowest BCUT2D eigenvalue weighted by Gasteiger charge is -2.03. The number of ether oxygens (including phenoxy) is 1. The lowest BCUT2D eigenvalue weighted by molar-refractivity contribution is -0.141. The van der Waals surface area contributed by atoms with Gasteiger partial charge in [-0.25, -0.2) is 13.6 Å². The summed E-state index contributed by atoms with van der Waals surface area (Å²) >= 11 is 0. The monoisotopic (exact) mass is 226 g/mol. The molecule has 0 unspecified atom stereocenters.